The van der Waals surface area contributed by atoms with Gasteiger partial charge in [-0.25, -0.2) is 5.01 Å². The van der Waals surface area contributed by atoms with Crippen molar-refractivity contribution in [3.8, 4) is 0 Å². The molecule has 1 saturated heterocycles. The molecule has 3 amide bonds. The molecule has 4 aromatic carbocycles. The van der Waals surface area contributed by atoms with E-state index in [2.05, 4.69) is 0 Å². The molecule has 208 valence electrons. The Hall–Kier alpha value is -4.26. The fourth-order valence-electron chi connectivity index (χ4n) is 7.01. The van der Waals surface area contributed by atoms with E-state index in [0.29, 0.717) is 15.6 Å². The van der Waals surface area contributed by atoms with Gasteiger partial charge < -0.3 is 0 Å². The molecule has 3 atom stereocenters. The van der Waals surface area contributed by atoms with Gasteiger partial charge in [0.05, 0.1) is 11.8 Å². The minimum Gasteiger partial charge on any atom is -0.292 e. The van der Waals surface area contributed by atoms with E-state index in [1.54, 1.807) is 36.4 Å². The van der Waals surface area contributed by atoms with Crippen molar-refractivity contribution in [2.45, 2.75) is 24.8 Å². The summed E-state index contributed by atoms with van der Waals surface area (Å²) in [6.45, 7) is 1.53. The molecule has 4 aliphatic rings. The molecular formula is C34H24Cl2N2O4. The Bertz CT molecular complexity index is 1670. The monoisotopic (exact) mass is 594 g/mol. The zero-order chi connectivity index (χ0) is 29.3. The van der Waals surface area contributed by atoms with Gasteiger partial charge in [-0.1, -0.05) is 71.7 Å². The van der Waals surface area contributed by atoms with Gasteiger partial charge in [-0.15, -0.1) is 0 Å². The van der Waals surface area contributed by atoms with Crippen LogP contribution in [-0.4, -0.2) is 39.6 Å². The van der Waals surface area contributed by atoms with Crippen molar-refractivity contribution in [3.63, 3.8) is 0 Å². The van der Waals surface area contributed by atoms with Crippen LogP contribution in [0.3, 0.4) is 0 Å². The summed E-state index contributed by atoms with van der Waals surface area (Å²) in [5.41, 5.74) is 4.58. The third kappa shape index (κ3) is 3.86. The summed E-state index contributed by atoms with van der Waals surface area (Å²) in [5, 5.41) is 2.87. The Kier molecular flexibility index (Phi) is 6.30. The third-order valence-corrected chi connectivity index (χ3v) is 9.32. The first-order chi connectivity index (χ1) is 20.3. The molecule has 2 bridgehead atoms. The first-order valence-corrected chi connectivity index (χ1v) is 14.5. The Balaban J connectivity index is 1.35. The standard InChI is InChI=1S/C34H24Cl2N2O4/c1-18(31(39)19-10-14-21(35)15-11-19)37(32(40)20-12-16-22(36)17-13-20)38-33(41)29-27-23-6-2-3-7-24(23)28(30(29)34(38)42)26-9-5-4-8-25(26)27/h2-18,27-30H,1H3/t18-,27?,28?,29-,30+/m0/s1. The molecule has 1 aliphatic heterocycles. The van der Waals surface area contributed by atoms with Crippen molar-refractivity contribution >= 4 is 46.7 Å². The Morgan fingerprint density at radius 1 is 0.643 bits per heavy atom. The van der Waals surface area contributed by atoms with Crippen LogP contribution in [0.4, 0.5) is 0 Å². The van der Waals surface area contributed by atoms with Gasteiger partial charge in [0.15, 0.2) is 5.78 Å². The molecule has 3 aliphatic carbocycles. The van der Waals surface area contributed by atoms with Crippen LogP contribution in [0.5, 0.6) is 0 Å². The maximum absolute atomic E-state index is 14.5. The van der Waals surface area contributed by atoms with Crippen molar-refractivity contribution in [3.05, 3.63) is 140 Å². The maximum Gasteiger partial charge on any atom is 0.273 e. The average molecular weight is 595 g/mol. The summed E-state index contributed by atoms with van der Waals surface area (Å²) < 4.78 is 0. The molecule has 0 unspecified atom stereocenters. The minimum absolute atomic E-state index is 0.195. The first-order valence-electron chi connectivity index (χ1n) is 13.7. The predicted octanol–water partition coefficient (Wildman–Crippen LogP) is 6.51. The summed E-state index contributed by atoms with van der Waals surface area (Å²) >= 11 is 12.1. The van der Waals surface area contributed by atoms with Crippen molar-refractivity contribution in [2.24, 2.45) is 11.8 Å². The number of hydrazine groups is 1. The van der Waals surface area contributed by atoms with Crippen molar-refractivity contribution < 1.29 is 19.2 Å². The molecular weight excluding hydrogens is 571 g/mol. The SMILES string of the molecule is C[C@@H](C(=O)c1ccc(Cl)cc1)N(C(=O)c1ccc(Cl)cc1)N1C(=O)[C@@H]2C3c4ccccc4C(c4ccccc43)[C@@H]2C1=O. The quantitative estimate of drug-likeness (QED) is 0.195. The maximum atomic E-state index is 14.5. The molecule has 42 heavy (non-hydrogen) atoms. The fraction of sp³-hybridized carbons (Fsp3) is 0.176. The van der Waals surface area contributed by atoms with Crippen LogP contribution >= 0.6 is 23.2 Å². The van der Waals surface area contributed by atoms with Crippen LogP contribution < -0.4 is 0 Å². The number of imide groups is 1. The lowest BCUT2D eigenvalue weighted by atomic mass is 9.55. The topological polar surface area (TPSA) is 74.8 Å². The highest BCUT2D eigenvalue weighted by atomic mass is 35.5. The second kappa shape index (κ2) is 9.93. The summed E-state index contributed by atoms with van der Waals surface area (Å²) in [5.74, 6) is -4.14. The lowest BCUT2D eigenvalue weighted by Crippen LogP contribution is -2.56. The van der Waals surface area contributed by atoms with E-state index >= 15 is 0 Å². The Morgan fingerprint density at radius 3 is 1.43 bits per heavy atom. The van der Waals surface area contributed by atoms with Crippen molar-refractivity contribution in [1.29, 1.82) is 0 Å². The molecule has 8 rings (SSSR count). The Labute approximate surface area is 252 Å². The number of Topliss-reactive ketones (excluding diaryl/α,β-unsaturated/α-hetero) is 1. The fourth-order valence-corrected chi connectivity index (χ4v) is 7.26. The van der Waals surface area contributed by atoms with Gasteiger partial charge in [0.1, 0.15) is 6.04 Å². The lowest BCUT2D eigenvalue weighted by molar-refractivity contribution is -0.156. The number of benzene rings is 4. The predicted molar refractivity (Wildman–Crippen MR) is 158 cm³/mol. The smallest absolute Gasteiger partial charge is 0.273 e. The summed E-state index contributed by atoms with van der Waals surface area (Å²) in [7, 11) is 0. The van der Waals surface area contributed by atoms with Gasteiger partial charge in [-0.05, 0) is 77.7 Å². The van der Waals surface area contributed by atoms with E-state index in [1.807, 2.05) is 48.5 Å². The first kappa shape index (κ1) is 26.6. The number of halogens is 2. The van der Waals surface area contributed by atoms with E-state index in [-0.39, 0.29) is 17.4 Å². The number of rotatable bonds is 5. The molecule has 8 heteroatoms. The van der Waals surface area contributed by atoms with E-state index in [9.17, 15) is 19.2 Å². The van der Waals surface area contributed by atoms with Crippen LogP contribution in [0.15, 0.2) is 97.1 Å². The molecule has 0 saturated carbocycles. The van der Waals surface area contributed by atoms with Crippen LogP contribution in [0.2, 0.25) is 10.0 Å². The number of carbonyl (C=O) groups excluding carboxylic acids is 4. The van der Waals surface area contributed by atoms with Crippen LogP contribution in [0.1, 0.15) is 61.7 Å². The van der Waals surface area contributed by atoms with Gasteiger partial charge in [0, 0.05) is 33.0 Å². The highest BCUT2D eigenvalue weighted by Gasteiger charge is 2.63. The summed E-state index contributed by atoms with van der Waals surface area (Å²) in [4.78, 5) is 56.8. The van der Waals surface area contributed by atoms with E-state index < -0.39 is 41.4 Å². The number of amides is 3. The van der Waals surface area contributed by atoms with Gasteiger partial charge in [-0.3, -0.25) is 19.2 Å². The average Bonchev–Trinajstić information content (AvgIpc) is 3.27. The van der Waals surface area contributed by atoms with Crippen molar-refractivity contribution in [2.75, 3.05) is 0 Å². The largest absolute Gasteiger partial charge is 0.292 e. The Morgan fingerprint density at radius 2 is 1.02 bits per heavy atom. The number of hydrogen-bond donors (Lipinski definition) is 0. The molecule has 6 nitrogen and oxygen atoms in total. The third-order valence-electron chi connectivity index (χ3n) is 8.81. The van der Waals surface area contributed by atoms with Gasteiger partial charge >= 0.3 is 0 Å². The lowest BCUT2D eigenvalue weighted by Gasteiger charge is -2.45. The highest BCUT2D eigenvalue weighted by molar-refractivity contribution is 6.31. The molecule has 0 N–H and O–H groups in total. The van der Waals surface area contributed by atoms with E-state index in [4.69, 9.17) is 23.2 Å². The molecule has 4 aromatic rings. The highest BCUT2D eigenvalue weighted by Crippen LogP contribution is 2.61. The summed E-state index contributed by atoms with van der Waals surface area (Å²) in [6.07, 6.45) is 0. The molecule has 0 radical (unpaired) electrons. The number of hydrogen-bond acceptors (Lipinski definition) is 4. The molecule has 0 aromatic heterocycles. The van der Waals surface area contributed by atoms with Crippen LogP contribution in [0.25, 0.3) is 0 Å². The zero-order valence-corrected chi connectivity index (χ0v) is 23.9. The second-order valence-electron chi connectivity index (χ2n) is 11.0. The van der Waals surface area contributed by atoms with Crippen molar-refractivity contribution in [1.82, 2.24) is 10.0 Å². The van der Waals surface area contributed by atoms with Gasteiger partial charge in [0.2, 0.25) is 0 Å². The van der Waals surface area contributed by atoms with Gasteiger partial charge in [-0.2, -0.15) is 5.01 Å². The van der Waals surface area contributed by atoms with E-state index in [1.165, 1.54) is 19.1 Å². The molecule has 1 heterocycles. The number of ketones is 1. The number of carbonyl (C=O) groups is 4. The second-order valence-corrected chi connectivity index (χ2v) is 11.8. The number of nitrogens with zero attached hydrogens (tertiary/aromatic N) is 2. The molecule has 0 spiro atoms. The van der Waals surface area contributed by atoms with E-state index in [0.717, 1.165) is 32.3 Å². The summed E-state index contributed by atoms with van der Waals surface area (Å²) in [6, 6.07) is 27.1. The normalized spacial score (nSPS) is 22.3. The van der Waals surface area contributed by atoms with Crippen LogP contribution in [-0.2, 0) is 9.59 Å². The molecule has 1 fully saturated rings. The minimum atomic E-state index is -1.18. The van der Waals surface area contributed by atoms with Crippen LogP contribution in [0, 0.1) is 11.8 Å². The van der Waals surface area contributed by atoms with Gasteiger partial charge in [0.25, 0.3) is 17.7 Å². The zero-order valence-electron chi connectivity index (χ0n) is 22.4.